The summed E-state index contributed by atoms with van der Waals surface area (Å²) in [5, 5.41) is 0. The molecule has 0 atom stereocenters. The van der Waals surface area contributed by atoms with Crippen LogP contribution in [-0.2, 0) is 6.42 Å². The highest BCUT2D eigenvalue weighted by Gasteiger charge is 2.12. The molecule has 0 aliphatic carbocycles. The fourth-order valence-corrected chi connectivity index (χ4v) is 2.79. The Labute approximate surface area is 128 Å². The van der Waals surface area contributed by atoms with Crippen LogP contribution in [0.15, 0.2) is 36.4 Å². The minimum absolute atomic E-state index is 0.435. The van der Waals surface area contributed by atoms with Crippen LogP contribution in [0.1, 0.15) is 61.8 Å². The van der Waals surface area contributed by atoms with Gasteiger partial charge in [0.15, 0.2) is 0 Å². The molecule has 0 radical (unpaired) electrons. The maximum absolute atomic E-state index is 6.34. The normalized spacial score (nSPS) is 11.3. The number of nitrogen functional groups attached to an aromatic ring is 2. The van der Waals surface area contributed by atoms with Gasteiger partial charge in [0.05, 0.1) is 0 Å². The topological polar surface area (TPSA) is 52.0 Å². The molecule has 2 nitrogen and oxygen atoms in total. The lowest BCUT2D eigenvalue weighted by atomic mass is 9.92. The largest absolute Gasteiger partial charge is 0.398 e. The van der Waals surface area contributed by atoms with Crippen LogP contribution in [0.2, 0.25) is 0 Å². The predicted molar refractivity (Wildman–Crippen MR) is 92.7 cm³/mol. The number of hydrogen-bond acceptors (Lipinski definition) is 2. The first-order valence-corrected chi connectivity index (χ1v) is 7.66. The Hall–Kier alpha value is -1.96. The molecule has 0 fully saturated rings. The molecule has 0 saturated carbocycles. The van der Waals surface area contributed by atoms with E-state index in [1.165, 1.54) is 11.1 Å². The van der Waals surface area contributed by atoms with Gasteiger partial charge in [0.25, 0.3) is 0 Å². The quantitative estimate of drug-likeness (QED) is 0.799. The van der Waals surface area contributed by atoms with Crippen molar-refractivity contribution < 1.29 is 0 Å². The lowest BCUT2D eigenvalue weighted by Crippen LogP contribution is -2.05. The molecular formula is C19H26N2. The highest BCUT2D eigenvalue weighted by Crippen LogP contribution is 2.30. The highest BCUT2D eigenvalue weighted by atomic mass is 14.6. The molecule has 4 N–H and O–H groups in total. The van der Waals surface area contributed by atoms with Gasteiger partial charge in [-0.3, -0.25) is 0 Å². The van der Waals surface area contributed by atoms with Crippen LogP contribution in [0.25, 0.3) is 0 Å². The first-order chi connectivity index (χ1) is 9.91. The molecule has 2 heteroatoms. The van der Waals surface area contributed by atoms with Crippen molar-refractivity contribution in [3.05, 3.63) is 58.7 Å². The average Bonchev–Trinajstić information content (AvgIpc) is 2.42. The minimum Gasteiger partial charge on any atom is -0.398 e. The Balaban J connectivity index is 2.40. The molecule has 21 heavy (non-hydrogen) atoms. The second-order valence-electron chi connectivity index (χ2n) is 6.33. The monoisotopic (exact) mass is 282 g/mol. The predicted octanol–water partition coefficient (Wildman–Crippen LogP) is 4.69. The standard InChI is InChI=1S/C19H26N2/c1-12(2)16-9-5-7-14(18(16)20)11-15-8-6-10-17(13(3)4)19(15)21/h5-10,12-13H,11,20-21H2,1-4H3. The molecule has 2 aromatic rings. The summed E-state index contributed by atoms with van der Waals surface area (Å²) in [6.45, 7) is 8.68. The van der Waals surface area contributed by atoms with Crippen LogP contribution < -0.4 is 11.5 Å². The summed E-state index contributed by atoms with van der Waals surface area (Å²) in [5.41, 5.74) is 19.2. The average molecular weight is 282 g/mol. The van der Waals surface area contributed by atoms with E-state index >= 15 is 0 Å². The van der Waals surface area contributed by atoms with Crippen molar-refractivity contribution in [2.45, 2.75) is 46.0 Å². The second kappa shape index (κ2) is 6.21. The van der Waals surface area contributed by atoms with E-state index in [1.54, 1.807) is 0 Å². The zero-order valence-corrected chi connectivity index (χ0v) is 13.5. The minimum atomic E-state index is 0.435. The molecule has 0 aliphatic heterocycles. The third kappa shape index (κ3) is 3.21. The van der Waals surface area contributed by atoms with E-state index in [9.17, 15) is 0 Å². The van der Waals surface area contributed by atoms with Crippen LogP contribution in [0.4, 0.5) is 11.4 Å². The molecule has 0 bridgehead atoms. The number of benzene rings is 2. The number of rotatable bonds is 4. The van der Waals surface area contributed by atoms with Crippen molar-refractivity contribution in [1.29, 1.82) is 0 Å². The Kier molecular flexibility index (Phi) is 4.56. The van der Waals surface area contributed by atoms with E-state index in [1.807, 2.05) is 0 Å². The SMILES string of the molecule is CC(C)c1cccc(Cc2cccc(C(C)C)c2N)c1N. The number of para-hydroxylation sites is 2. The van der Waals surface area contributed by atoms with Gasteiger partial charge in [-0.25, -0.2) is 0 Å². The first-order valence-electron chi connectivity index (χ1n) is 7.66. The van der Waals surface area contributed by atoms with Gasteiger partial charge < -0.3 is 11.5 Å². The van der Waals surface area contributed by atoms with Crippen LogP contribution in [0.3, 0.4) is 0 Å². The summed E-state index contributed by atoms with van der Waals surface area (Å²) >= 11 is 0. The Morgan fingerprint density at radius 1 is 0.714 bits per heavy atom. The van der Waals surface area contributed by atoms with E-state index in [2.05, 4.69) is 64.1 Å². The van der Waals surface area contributed by atoms with Crippen LogP contribution in [0, 0.1) is 0 Å². The number of hydrogen-bond donors (Lipinski definition) is 2. The van der Waals surface area contributed by atoms with Gasteiger partial charge in [-0.1, -0.05) is 64.1 Å². The molecule has 0 amide bonds. The van der Waals surface area contributed by atoms with Crippen LogP contribution >= 0.6 is 0 Å². The van der Waals surface area contributed by atoms with Gasteiger partial charge >= 0.3 is 0 Å². The lowest BCUT2D eigenvalue weighted by Gasteiger charge is -2.17. The number of nitrogens with two attached hydrogens (primary N) is 2. The van der Waals surface area contributed by atoms with Crippen LogP contribution in [-0.4, -0.2) is 0 Å². The van der Waals surface area contributed by atoms with E-state index in [-0.39, 0.29) is 0 Å². The molecule has 112 valence electrons. The van der Waals surface area contributed by atoms with Gasteiger partial charge in [-0.2, -0.15) is 0 Å². The Morgan fingerprint density at radius 2 is 1.10 bits per heavy atom. The summed E-state index contributed by atoms with van der Waals surface area (Å²) in [4.78, 5) is 0. The van der Waals surface area contributed by atoms with Crippen molar-refractivity contribution in [3.63, 3.8) is 0 Å². The van der Waals surface area contributed by atoms with Crippen LogP contribution in [0.5, 0.6) is 0 Å². The van der Waals surface area contributed by atoms with Crippen molar-refractivity contribution in [1.82, 2.24) is 0 Å². The molecule has 0 saturated heterocycles. The summed E-state index contributed by atoms with van der Waals surface area (Å²) in [6, 6.07) is 12.6. The fourth-order valence-electron chi connectivity index (χ4n) is 2.79. The smallest absolute Gasteiger partial charge is 0.0385 e. The molecule has 0 aliphatic rings. The summed E-state index contributed by atoms with van der Waals surface area (Å²) in [5.74, 6) is 0.869. The maximum atomic E-state index is 6.34. The third-order valence-corrected chi connectivity index (χ3v) is 4.09. The number of anilines is 2. The zero-order valence-electron chi connectivity index (χ0n) is 13.5. The molecule has 0 aromatic heterocycles. The zero-order chi connectivity index (χ0) is 15.6. The molecule has 2 aromatic carbocycles. The van der Waals surface area contributed by atoms with E-state index in [0.29, 0.717) is 11.8 Å². The summed E-state index contributed by atoms with van der Waals surface area (Å²) in [7, 11) is 0. The van der Waals surface area contributed by atoms with Gasteiger partial charge in [0, 0.05) is 17.8 Å². The van der Waals surface area contributed by atoms with E-state index < -0.39 is 0 Å². The fraction of sp³-hybridized carbons (Fsp3) is 0.368. The van der Waals surface area contributed by atoms with Crippen molar-refractivity contribution >= 4 is 11.4 Å². The van der Waals surface area contributed by atoms with E-state index in [4.69, 9.17) is 11.5 Å². The van der Waals surface area contributed by atoms with Gasteiger partial charge in [0.2, 0.25) is 0 Å². The summed E-state index contributed by atoms with van der Waals surface area (Å²) < 4.78 is 0. The molecular weight excluding hydrogens is 256 g/mol. The van der Waals surface area contributed by atoms with Gasteiger partial charge in [-0.15, -0.1) is 0 Å². The lowest BCUT2D eigenvalue weighted by molar-refractivity contribution is 0.864. The second-order valence-corrected chi connectivity index (χ2v) is 6.33. The van der Waals surface area contributed by atoms with Crippen molar-refractivity contribution in [3.8, 4) is 0 Å². The Morgan fingerprint density at radius 3 is 1.43 bits per heavy atom. The van der Waals surface area contributed by atoms with Crippen molar-refractivity contribution in [2.24, 2.45) is 0 Å². The third-order valence-electron chi connectivity index (χ3n) is 4.09. The molecule has 0 heterocycles. The highest BCUT2D eigenvalue weighted by molar-refractivity contribution is 5.61. The summed E-state index contributed by atoms with van der Waals surface area (Å²) in [6.07, 6.45) is 0.790. The van der Waals surface area contributed by atoms with Gasteiger partial charge in [0.1, 0.15) is 0 Å². The molecule has 2 rings (SSSR count). The van der Waals surface area contributed by atoms with E-state index in [0.717, 1.165) is 28.9 Å². The Bertz CT molecular complexity index is 572. The maximum Gasteiger partial charge on any atom is 0.0385 e. The molecule has 0 spiro atoms. The van der Waals surface area contributed by atoms with Gasteiger partial charge in [-0.05, 0) is 34.1 Å². The first kappa shape index (κ1) is 15.4. The van der Waals surface area contributed by atoms with Crippen molar-refractivity contribution in [2.75, 3.05) is 11.5 Å². The molecule has 0 unspecified atom stereocenters.